The third-order valence-corrected chi connectivity index (χ3v) is 5.01. The van der Waals surface area contributed by atoms with Gasteiger partial charge in [-0.3, -0.25) is 4.79 Å². The molecule has 1 aromatic heterocycles. The number of oxazole rings is 1. The van der Waals surface area contributed by atoms with Crippen molar-refractivity contribution >= 4 is 17.0 Å². The summed E-state index contributed by atoms with van der Waals surface area (Å²) in [5.41, 5.74) is 1.70. The van der Waals surface area contributed by atoms with Crippen LogP contribution in [0.15, 0.2) is 52.9 Å². The third-order valence-electron chi connectivity index (χ3n) is 5.01. The second-order valence-electron chi connectivity index (χ2n) is 6.84. The second kappa shape index (κ2) is 8.33. The molecular weight excluding hydrogens is 356 g/mol. The molecule has 0 saturated carbocycles. The van der Waals surface area contributed by atoms with Crippen LogP contribution in [0.4, 0.5) is 0 Å². The van der Waals surface area contributed by atoms with E-state index in [2.05, 4.69) is 4.98 Å². The number of para-hydroxylation sites is 4. The van der Waals surface area contributed by atoms with Gasteiger partial charge in [0, 0.05) is 19.0 Å². The van der Waals surface area contributed by atoms with Gasteiger partial charge in [0.05, 0.1) is 6.61 Å². The molecule has 1 fully saturated rings. The Hall–Kier alpha value is -3.02. The highest BCUT2D eigenvalue weighted by Crippen LogP contribution is 2.30. The van der Waals surface area contributed by atoms with Crippen molar-refractivity contribution in [3.05, 3.63) is 54.4 Å². The number of nitrogens with zero attached hydrogens (tertiary/aromatic N) is 2. The van der Waals surface area contributed by atoms with E-state index in [4.69, 9.17) is 13.9 Å². The Labute approximate surface area is 164 Å². The molecular formula is C22H24N2O4. The molecule has 0 N–H and O–H groups in total. The van der Waals surface area contributed by atoms with Crippen molar-refractivity contribution in [1.29, 1.82) is 0 Å². The van der Waals surface area contributed by atoms with Crippen LogP contribution >= 0.6 is 0 Å². The molecule has 3 aromatic rings. The lowest BCUT2D eigenvalue weighted by molar-refractivity contribution is -0.134. The number of amides is 1. The fourth-order valence-corrected chi connectivity index (χ4v) is 3.52. The molecule has 2 aromatic carbocycles. The zero-order valence-corrected chi connectivity index (χ0v) is 16.0. The van der Waals surface area contributed by atoms with Crippen LogP contribution in [0.1, 0.15) is 31.6 Å². The maximum Gasteiger partial charge on any atom is 0.260 e. The van der Waals surface area contributed by atoms with E-state index in [0.29, 0.717) is 31.2 Å². The Kier molecular flexibility index (Phi) is 5.46. The molecule has 6 nitrogen and oxygen atoms in total. The van der Waals surface area contributed by atoms with Gasteiger partial charge < -0.3 is 18.8 Å². The predicted molar refractivity (Wildman–Crippen MR) is 106 cm³/mol. The summed E-state index contributed by atoms with van der Waals surface area (Å²) in [6, 6.07) is 15.2. The molecule has 0 aliphatic carbocycles. The number of ether oxygens (including phenoxy) is 2. The first-order valence-corrected chi connectivity index (χ1v) is 9.72. The highest BCUT2D eigenvalue weighted by atomic mass is 16.5. The minimum atomic E-state index is -0.0117. The summed E-state index contributed by atoms with van der Waals surface area (Å²) < 4.78 is 17.1. The minimum absolute atomic E-state index is 0.0115. The summed E-state index contributed by atoms with van der Waals surface area (Å²) in [6.45, 7) is 3.84. The van der Waals surface area contributed by atoms with E-state index in [1.165, 1.54) is 0 Å². The molecule has 6 heteroatoms. The number of rotatable bonds is 6. The molecule has 1 saturated heterocycles. The first-order valence-electron chi connectivity index (χ1n) is 9.72. The van der Waals surface area contributed by atoms with Gasteiger partial charge in [0.2, 0.25) is 0 Å². The standard InChI is InChI=1S/C22H24N2O4/c1-2-26-19-9-5-6-10-20(19)27-15-21(25)24-13-11-16(12-14-24)22-23-17-7-3-4-8-18(17)28-22/h3-10,16H,2,11-15H2,1H3. The largest absolute Gasteiger partial charge is 0.490 e. The van der Waals surface area contributed by atoms with E-state index < -0.39 is 0 Å². The SMILES string of the molecule is CCOc1ccccc1OCC(=O)N1CCC(c2nc3ccccc3o2)CC1. The molecule has 28 heavy (non-hydrogen) atoms. The van der Waals surface area contributed by atoms with Crippen LogP contribution in [0.25, 0.3) is 11.1 Å². The van der Waals surface area contributed by atoms with E-state index in [1.807, 2.05) is 60.4 Å². The molecule has 0 radical (unpaired) electrons. The highest BCUT2D eigenvalue weighted by molar-refractivity contribution is 5.78. The summed E-state index contributed by atoms with van der Waals surface area (Å²) in [5.74, 6) is 2.26. The lowest BCUT2D eigenvalue weighted by atomic mass is 9.97. The van der Waals surface area contributed by atoms with Crippen LogP contribution in [0.3, 0.4) is 0 Å². The molecule has 0 unspecified atom stereocenters. The fraction of sp³-hybridized carbons (Fsp3) is 0.364. The number of hydrogen-bond acceptors (Lipinski definition) is 5. The number of fused-ring (bicyclic) bond motifs is 1. The number of aromatic nitrogens is 1. The van der Waals surface area contributed by atoms with Crippen molar-refractivity contribution in [1.82, 2.24) is 9.88 Å². The smallest absolute Gasteiger partial charge is 0.260 e. The van der Waals surface area contributed by atoms with Gasteiger partial charge in [0.25, 0.3) is 5.91 Å². The fourth-order valence-electron chi connectivity index (χ4n) is 3.52. The number of likely N-dealkylation sites (tertiary alicyclic amines) is 1. The summed E-state index contributed by atoms with van der Waals surface area (Å²) in [5, 5.41) is 0. The van der Waals surface area contributed by atoms with Crippen LogP contribution in [0, 0.1) is 0 Å². The third kappa shape index (κ3) is 3.96. The number of benzene rings is 2. The average Bonchev–Trinajstić information content (AvgIpc) is 3.17. The van der Waals surface area contributed by atoms with Gasteiger partial charge in [0.15, 0.2) is 29.6 Å². The zero-order chi connectivity index (χ0) is 19.3. The molecule has 0 bridgehead atoms. The topological polar surface area (TPSA) is 64.8 Å². The van der Waals surface area contributed by atoms with Crippen molar-refractivity contribution in [2.24, 2.45) is 0 Å². The Morgan fingerprint density at radius 3 is 2.46 bits per heavy atom. The average molecular weight is 380 g/mol. The lowest BCUT2D eigenvalue weighted by Gasteiger charge is -2.30. The lowest BCUT2D eigenvalue weighted by Crippen LogP contribution is -2.40. The first-order chi connectivity index (χ1) is 13.7. The quantitative estimate of drug-likeness (QED) is 0.646. The van der Waals surface area contributed by atoms with E-state index in [0.717, 1.165) is 29.8 Å². The highest BCUT2D eigenvalue weighted by Gasteiger charge is 2.27. The number of carbonyl (C=O) groups is 1. The van der Waals surface area contributed by atoms with Crippen LogP contribution in [0.5, 0.6) is 11.5 Å². The molecule has 146 valence electrons. The van der Waals surface area contributed by atoms with Crippen molar-refractivity contribution in [3.63, 3.8) is 0 Å². The van der Waals surface area contributed by atoms with Gasteiger partial charge in [0.1, 0.15) is 5.52 Å². The summed E-state index contributed by atoms with van der Waals surface area (Å²) in [6.07, 6.45) is 1.68. The Morgan fingerprint density at radius 1 is 1.07 bits per heavy atom. The van der Waals surface area contributed by atoms with Gasteiger partial charge in [-0.1, -0.05) is 24.3 Å². The molecule has 1 amide bonds. The molecule has 4 rings (SSSR count). The van der Waals surface area contributed by atoms with Crippen LogP contribution < -0.4 is 9.47 Å². The van der Waals surface area contributed by atoms with Gasteiger partial charge in [-0.05, 0) is 44.0 Å². The number of hydrogen-bond donors (Lipinski definition) is 0. The van der Waals surface area contributed by atoms with Gasteiger partial charge in [-0.2, -0.15) is 0 Å². The van der Waals surface area contributed by atoms with Crippen molar-refractivity contribution in [2.75, 3.05) is 26.3 Å². The first kappa shape index (κ1) is 18.3. The van der Waals surface area contributed by atoms with Crippen LogP contribution in [-0.2, 0) is 4.79 Å². The molecule has 2 heterocycles. The predicted octanol–water partition coefficient (Wildman–Crippen LogP) is 4.01. The van der Waals surface area contributed by atoms with E-state index in [9.17, 15) is 4.79 Å². The summed E-state index contributed by atoms with van der Waals surface area (Å²) >= 11 is 0. The van der Waals surface area contributed by atoms with Gasteiger partial charge in [-0.15, -0.1) is 0 Å². The van der Waals surface area contributed by atoms with E-state index in [1.54, 1.807) is 0 Å². The molecule has 1 aliphatic heterocycles. The molecule has 0 spiro atoms. The van der Waals surface area contributed by atoms with E-state index in [-0.39, 0.29) is 18.4 Å². The normalized spacial score (nSPS) is 15.0. The summed E-state index contributed by atoms with van der Waals surface area (Å²) in [4.78, 5) is 19.0. The van der Waals surface area contributed by atoms with Crippen molar-refractivity contribution in [3.8, 4) is 11.5 Å². The van der Waals surface area contributed by atoms with Crippen LogP contribution in [-0.4, -0.2) is 42.1 Å². The summed E-state index contributed by atoms with van der Waals surface area (Å²) in [7, 11) is 0. The second-order valence-corrected chi connectivity index (χ2v) is 6.84. The maximum absolute atomic E-state index is 12.5. The molecule has 1 aliphatic rings. The Balaban J connectivity index is 1.31. The monoisotopic (exact) mass is 380 g/mol. The number of piperidine rings is 1. The molecule has 0 atom stereocenters. The van der Waals surface area contributed by atoms with Crippen LogP contribution in [0.2, 0.25) is 0 Å². The van der Waals surface area contributed by atoms with Gasteiger partial charge in [-0.25, -0.2) is 4.98 Å². The van der Waals surface area contributed by atoms with Crippen molar-refractivity contribution < 1.29 is 18.7 Å². The Bertz CT molecular complexity index is 911. The van der Waals surface area contributed by atoms with E-state index >= 15 is 0 Å². The van der Waals surface area contributed by atoms with Crippen molar-refractivity contribution in [2.45, 2.75) is 25.7 Å². The Morgan fingerprint density at radius 2 is 1.75 bits per heavy atom. The maximum atomic E-state index is 12.5. The minimum Gasteiger partial charge on any atom is -0.490 e. The number of carbonyl (C=O) groups excluding carboxylic acids is 1. The van der Waals surface area contributed by atoms with Gasteiger partial charge >= 0.3 is 0 Å². The zero-order valence-electron chi connectivity index (χ0n) is 16.0.